The van der Waals surface area contributed by atoms with Crippen LogP contribution in [0.15, 0.2) is 77.4 Å². The van der Waals surface area contributed by atoms with E-state index in [9.17, 15) is 9.59 Å². The van der Waals surface area contributed by atoms with Crippen molar-refractivity contribution in [2.45, 2.75) is 6.92 Å². The third kappa shape index (κ3) is 4.72. The summed E-state index contributed by atoms with van der Waals surface area (Å²) in [5.74, 6) is 0.686. The van der Waals surface area contributed by atoms with Crippen LogP contribution in [-0.4, -0.2) is 29.9 Å². The molecule has 0 atom stereocenters. The van der Waals surface area contributed by atoms with Gasteiger partial charge < -0.3 is 19.8 Å². The molecule has 156 valence electrons. The Morgan fingerprint density at radius 1 is 1.03 bits per heavy atom. The van der Waals surface area contributed by atoms with Crippen molar-refractivity contribution >= 4 is 28.4 Å². The number of anilines is 1. The van der Waals surface area contributed by atoms with Crippen molar-refractivity contribution in [1.29, 1.82) is 0 Å². The predicted molar refractivity (Wildman–Crippen MR) is 118 cm³/mol. The van der Waals surface area contributed by atoms with E-state index in [0.717, 1.165) is 5.39 Å². The number of hydrogen-bond acceptors (Lipinski definition) is 5. The van der Waals surface area contributed by atoms with E-state index in [1.807, 2.05) is 31.2 Å². The minimum atomic E-state index is -0.262. The van der Waals surface area contributed by atoms with Crippen molar-refractivity contribution in [2.75, 3.05) is 18.5 Å². The van der Waals surface area contributed by atoms with Gasteiger partial charge in [0.05, 0.1) is 17.3 Å². The van der Waals surface area contributed by atoms with Crippen molar-refractivity contribution in [3.8, 4) is 17.2 Å². The number of hydrogen-bond donors (Lipinski definition) is 2. The van der Waals surface area contributed by atoms with Gasteiger partial charge in [-0.05, 0) is 55.5 Å². The summed E-state index contributed by atoms with van der Waals surface area (Å²) in [4.78, 5) is 29.2. The second kappa shape index (κ2) is 9.13. The number of furan rings is 1. The number of likely N-dealkylation sites (N-methyl/N-ethyl adjacent to an activating group) is 1. The van der Waals surface area contributed by atoms with Gasteiger partial charge in [-0.25, -0.2) is 4.98 Å². The first-order valence-corrected chi connectivity index (χ1v) is 9.88. The van der Waals surface area contributed by atoms with Gasteiger partial charge in [-0.2, -0.15) is 0 Å². The average molecular weight is 415 g/mol. The molecule has 0 aliphatic carbocycles. The lowest BCUT2D eigenvalue weighted by atomic mass is 10.1. The molecular formula is C24H21N3O4. The molecular weight excluding hydrogens is 394 g/mol. The quantitative estimate of drug-likeness (QED) is 0.470. The van der Waals surface area contributed by atoms with Gasteiger partial charge in [0.2, 0.25) is 0 Å². The number of pyridine rings is 1. The summed E-state index contributed by atoms with van der Waals surface area (Å²) in [6.45, 7) is 2.34. The van der Waals surface area contributed by atoms with Crippen molar-refractivity contribution in [3.63, 3.8) is 0 Å². The number of carbonyl (C=O) groups is 2. The molecule has 31 heavy (non-hydrogen) atoms. The highest BCUT2D eigenvalue weighted by Gasteiger charge is 2.15. The molecule has 0 fully saturated rings. The van der Waals surface area contributed by atoms with Crippen LogP contribution < -0.4 is 15.4 Å². The number of nitrogens with one attached hydrogen (secondary N) is 2. The van der Waals surface area contributed by atoms with Crippen LogP contribution in [-0.2, 0) is 4.79 Å². The second-order valence-corrected chi connectivity index (χ2v) is 6.77. The normalized spacial score (nSPS) is 10.6. The third-order valence-electron chi connectivity index (χ3n) is 4.59. The molecule has 0 spiro atoms. The molecule has 0 unspecified atom stereocenters. The second-order valence-electron chi connectivity index (χ2n) is 6.77. The number of rotatable bonds is 7. The fourth-order valence-corrected chi connectivity index (χ4v) is 3.14. The lowest BCUT2D eigenvalue weighted by Gasteiger charge is -2.11. The summed E-state index contributed by atoms with van der Waals surface area (Å²) < 4.78 is 10.9. The zero-order valence-corrected chi connectivity index (χ0v) is 16.9. The van der Waals surface area contributed by atoms with Crippen LogP contribution in [0.4, 0.5) is 5.69 Å². The highest BCUT2D eigenvalue weighted by Crippen LogP contribution is 2.26. The maximum atomic E-state index is 13.1. The van der Waals surface area contributed by atoms with Crippen molar-refractivity contribution < 1.29 is 18.7 Å². The minimum absolute atomic E-state index is 0.0574. The van der Waals surface area contributed by atoms with Gasteiger partial charge in [0.1, 0.15) is 11.4 Å². The van der Waals surface area contributed by atoms with E-state index in [-0.39, 0.29) is 18.4 Å². The van der Waals surface area contributed by atoms with Gasteiger partial charge >= 0.3 is 0 Å². The molecule has 0 bridgehead atoms. The van der Waals surface area contributed by atoms with Crippen LogP contribution in [0.5, 0.6) is 5.75 Å². The molecule has 2 aromatic carbocycles. The number of para-hydroxylation sites is 1. The molecule has 2 N–H and O–H groups in total. The zero-order valence-electron chi connectivity index (χ0n) is 16.9. The Hall–Kier alpha value is -4.13. The number of nitrogens with zero attached hydrogens (tertiary/aromatic N) is 1. The summed E-state index contributed by atoms with van der Waals surface area (Å²) in [5, 5.41) is 6.32. The van der Waals surface area contributed by atoms with Crippen molar-refractivity contribution in [1.82, 2.24) is 10.3 Å². The Bertz CT molecular complexity index is 1200. The summed E-state index contributed by atoms with van der Waals surface area (Å²) >= 11 is 0. The summed E-state index contributed by atoms with van der Waals surface area (Å²) in [6, 6.07) is 19.6. The Labute approximate surface area is 179 Å². The van der Waals surface area contributed by atoms with Gasteiger partial charge in [0.15, 0.2) is 12.4 Å². The number of ether oxygens (including phenoxy) is 1. The Kier molecular flexibility index (Phi) is 5.93. The summed E-state index contributed by atoms with van der Waals surface area (Å²) in [6.07, 6.45) is 1.57. The van der Waals surface area contributed by atoms with Crippen LogP contribution in [0.3, 0.4) is 0 Å². The SMILES string of the molecule is CCNC(=O)COc1ccc(NC(=O)c2cc(-c3ccco3)nc3ccccc23)cc1. The van der Waals surface area contributed by atoms with Crippen LogP contribution in [0.1, 0.15) is 17.3 Å². The van der Waals surface area contributed by atoms with Gasteiger partial charge in [-0.3, -0.25) is 9.59 Å². The third-order valence-corrected chi connectivity index (χ3v) is 4.59. The van der Waals surface area contributed by atoms with Crippen molar-refractivity contribution in [2.24, 2.45) is 0 Å². The lowest BCUT2D eigenvalue weighted by Crippen LogP contribution is -2.28. The first-order valence-electron chi connectivity index (χ1n) is 9.88. The maximum Gasteiger partial charge on any atom is 0.257 e. The Morgan fingerprint density at radius 2 is 1.84 bits per heavy atom. The van der Waals surface area contributed by atoms with Gasteiger partial charge in [0.25, 0.3) is 11.8 Å². The standard InChI is InChI=1S/C24H21N3O4/c1-2-25-23(28)15-31-17-11-9-16(10-12-17)26-24(29)19-14-21(22-8-5-13-30-22)27-20-7-4-3-6-18(19)20/h3-14H,2,15H2,1H3,(H,25,28)(H,26,29). The molecule has 0 radical (unpaired) electrons. The average Bonchev–Trinajstić information content (AvgIpc) is 3.33. The maximum absolute atomic E-state index is 13.1. The smallest absolute Gasteiger partial charge is 0.257 e. The van der Waals surface area contributed by atoms with E-state index in [1.165, 1.54) is 0 Å². The van der Waals surface area contributed by atoms with E-state index in [0.29, 0.717) is 40.5 Å². The van der Waals surface area contributed by atoms with Crippen LogP contribution in [0, 0.1) is 0 Å². The topological polar surface area (TPSA) is 93.5 Å². The van der Waals surface area contributed by atoms with Gasteiger partial charge in [-0.1, -0.05) is 18.2 Å². The molecule has 0 aliphatic heterocycles. The number of amides is 2. The Morgan fingerprint density at radius 3 is 2.58 bits per heavy atom. The van der Waals surface area contributed by atoms with E-state index >= 15 is 0 Å². The number of benzene rings is 2. The summed E-state index contributed by atoms with van der Waals surface area (Å²) in [5.41, 5.74) is 2.39. The molecule has 7 nitrogen and oxygen atoms in total. The molecule has 0 aliphatic rings. The highest BCUT2D eigenvalue weighted by molar-refractivity contribution is 6.13. The predicted octanol–water partition coefficient (Wildman–Crippen LogP) is 4.26. The van der Waals surface area contributed by atoms with Gasteiger partial charge in [-0.15, -0.1) is 0 Å². The molecule has 0 saturated carbocycles. The largest absolute Gasteiger partial charge is 0.484 e. The van der Waals surface area contributed by atoms with E-state index < -0.39 is 0 Å². The fraction of sp³-hybridized carbons (Fsp3) is 0.125. The molecule has 4 rings (SSSR count). The van der Waals surface area contributed by atoms with Crippen LogP contribution in [0.25, 0.3) is 22.4 Å². The fourth-order valence-electron chi connectivity index (χ4n) is 3.14. The molecule has 0 saturated heterocycles. The lowest BCUT2D eigenvalue weighted by molar-refractivity contribution is -0.122. The first kappa shape index (κ1) is 20.2. The monoisotopic (exact) mass is 415 g/mol. The Balaban J connectivity index is 1.54. The van der Waals surface area contributed by atoms with Gasteiger partial charge in [0, 0.05) is 17.6 Å². The number of fused-ring (bicyclic) bond motifs is 1. The number of carbonyl (C=O) groups excluding carboxylic acids is 2. The zero-order chi connectivity index (χ0) is 21.6. The highest BCUT2D eigenvalue weighted by atomic mass is 16.5. The molecule has 2 amide bonds. The van der Waals surface area contributed by atoms with E-state index in [2.05, 4.69) is 15.6 Å². The van der Waals surface area contributed by atoms with Crippen molar-refractivity contribution in [3.05, 3.63) is 78.6 Å². The van der Waals surface area contributed by atoms with Crippen LogP contribution >= 0.6 is 0 Å². The first-order chi connectivity index (χ1) is 15.1. The molecule has 2 heterocycles. The van der Waals surface area contributed by atoms with E-state index in [1.54, 1.807) is 48.7 Å². The summed E-state index contributed by atoms with van der Waals surface area (Å²) in [7, 11) is 0. The molecule has 4 aromatic rings. The number of aromatic nitrogens is 1. The molecule has 2 aromatic heterocycles. The minimum Gasteiger partial charge on any atom is -0.484 e. The van der Waals surface area contributed by atoms with E-state index in [4.69, 9.17) is 9.15 Å². The van der Waals surface area contributed by atoms with Crippen LogP contribution in [0.2, 0.25) is 0 Å². The molecule has 7 heteroatoms.